The lowest BCUT2D eigenvalue weighted by Gasteiger charge is -2.25. The molecule has 196 valence electrons. The maximum atomic E-state index is 13.7. The smallest absolute Gasteiger partial charge is 0.251 e. The summed E-state index contributed by atoms with van der Waals surface area (Å²) in [5.74, 6) is 0.0318. The van der Waals surface area contributed by atoms with Crippen molar-refractivity contribution in [2.75, 3.05) is 19.6 Å². The first-order valence-corrected chi connectivity index (χ1v) is 13.6. The van der Waals surface area contributed by atoms with Crippen LogP contribution in [0.15, 0.2) is 84.9 Å². The Hall–Kier alpha value is -3.74. The molecule has 0 bridgehead atoms. The maximum Gasteiger partial charge on any atom is 0.251 e. The molecule has 1 saturated heterocycles. The van der Waals surface area contributed by atoms with Gasteiger partial charge in [0.05, 0.1) is 6.04 Å². The first kappa shape index (κ1) is 25.9. The molecule has 5 rings (SSSR count). The van der Waals surface area contributed by atoms with Gasteiger partial charge in [0.25, 0.3) is 5.91 Å². The second-order valence-electron chi connectivity index (χ2n) is 10.1. The molecule has 4 aromatic rings. The third-order valence-electron chi connectivity index (χ3n) is 7.53. The Labute approximate surface area is 224 Å². The number of nitrogens with zero attached hydrogens (tertiary/aromatic N) is 1. The van der Waals surface area contributed by atoms with Crippen LogP contribution in [-0.4, -0.2) is 48.4 Å². The van der Waals surface area contributed by atoms with E-state index in [9.17, 15) is 9.59 Å². The van der Waals surface area contributed by atoms with Crippen LogP contribution in [0.4, 0.5) is 0 Å². The molecule has 1 aliphatic rings. The molecule has 0 saturated carbocycles. The summed E-state index contributed by atoms with van der Waals surface area (Å²) in [6.07, 6.45) is 3.27. The van der Waals surface area contributed by atoms with E-state index in [1.807, 2.05) is 59.5 Å². The van der Waals surface area contributed by atoms with Crippen molar-refractivity contribution in [3.8, 4) is 0 Å². The van der Waals surface area contributed by atoms with E-state index in [1.165, 1.54) is 10.8 Å². The molecule has 38 heavy (non-hydrogen) atoms. The molecule has 2 amide bonds. The van der Waals surface area contributed by atoms with Gasteiger partial charge < -0.3 is 21.3 Å². The van der Waals surface area contributed by atoms with E-state index in [-0.39, 0.29) is 23.9 Å². The van der Waals surface area contributed by atoms with Gasteiger partial charge in [-0.1, -0.05) is 85.3 Å². The molecule has 1 heterocycles. The second kappa shape index (κ2) is 12.2. The first-order valence-electron chi connectivity index (χ1n) is 13.6. The molecule has 6 nitrogen and oxygen atoms in total. The molecule has 1 aliphatic heterocycles. The molecule has 2 atom stereocenters. The number of unbranched alkanes of at least 4 members (excludes halogenated alkanes) is 1. The van der Waals surface area contributed by atoms with Gasteiger partial charge in [0, 0.05) is 31.2 Å². The van der Waals surface area contributed by atoms with Crippen molar-refractivity contribution in [1.29, 1.82) is 0 Å². The van der Waals surface area contributed by atoms with Gasteiger partial charge in [0.1, 0.15) is 0 Å². The highest BCUT2D eigenvalue weighted by molar-refractivity contribution is 6.07. The van der Waals surface area contributed by atoms with Gasteiger partial charge in [0.2, 0.25) is 5.91 Å². The van der Waals surface area contributed by atoms with Crippen molar-refractivity contribution >= 4 is 33.4 Å². The minimum absolute atomic E-state index is 0.00160. The number of nitrogens with two attached hydrogens (primary N) is 1. The predicted octanol–water partition coefficient (Wildman–Crippen LogP) is 4.61. The average Bonchev–Trinajstić information content (AvgIpc) is 3.10. The predicted molar refractivity (Wildman–Crippen MR) is 154 cm³/mol. The van der Waals surface area contributed by atoms with Crippen molar-refractivity contribution in [2.45, 2.75) is 44.3 Å². The summed E-state index contributed by atoms with van der Waals surface area (Å²) in [5.41, 5.74) is 7.56. The molecule has 1 fully saturated rings. The van der Waals surface area contributed by atoms with Gasteiger partial charge in [-0.3, -0.25) is 9.59 Å². The molecular formula is C32H36N4O2. The van der Waals surface area contributed by atoms with Crippen LogP contribution >= 0.6 is 0 Å². The molecule has 4 N–H and O–H groups in total. The van der Waals surface area contributed by atoms with E-state index in [2.05, 4.69) is 41.0 Å². The molecule has 0 spiro atoms. The summed E-state index contributed by atoms with van der Waals surface area (Å²) < 4.78 is 0. The SMILES string of the molecule is NCCCC[C@H]1N[C@H](CNC(=O)c2cccc3ccccc23)CCN(Cc2cccc3ccccc23)C1=O. The standard InChI is InChI=1S/C32H36N4O2/c33-19-6-5-17-30-32(38)36(22-25-13-7-11-23-9-1-3-14-27(23)25)20-18-26(35-30)21-34-31(37)29-16-8-12-24-10-2-4-15-28(24)29/h1-4,7-16,26,30,35H,5-6,17-22,33H2,(H,34,37)/t26-,30+/m0/s1. The van der Waals surface area contributed by atoms with Crippen LogP contribution in [0.3, 0.4) is 0 Å². The molecular weight excluding hydrogens is 472 g/mol. The average molecular weight is 509 g/mol. The van der Waals surface area contributed by atoms with Gasteiger partial charge in [-0.25, -0.2) is 0 Å². The van der Waals surface area contributed by atoms with E-state index in [4.69, 9.17) is 5.73 Å². The van der Waals surface area contributed by atoms with E-state index in [1.54, 1.807) is 0 Å². The van der Waals surface area contributed by atoms with Crippen LogP contribution in [0, 0.1) is 0 Å². The van der Waals surface area contributed by atoms with Crippen LogP contribution in [0.5, 0.6) is 0 Å². The molecule has 0 radical (unpaired) electrons. The lowest BCUT2D eigenvalue weighted by atomic mass is 10.0. The molecule has 0 unspecified atom stereocenters. The summed E-state index contributed by atoms with van der Waals surface area (Å²) in [7, 11) is 0. The van der Waals surface area contributed by atoms with Crippen molar-refractivity contribution in [3.63, 3.8) is 0 Å². The highest BCUT2D eigenvalue weighted by Gasteiger charge is 2.31. The zero-order valence-corrected chi connectivity index (χ0v) is 21.7. The van der Waals surface area contributed by atoms with Crippen LogP contribution in [0.25, 0.3) is 21.5 Å². The summed E-state index contributed by atoms with van der Waals surface area (Å²) >= 11 is 0. The van der Waals surface area contributed by atoms with Crippen LogP contribution in [0.1, 0.15) is 41.6 Å². The van der Waals surface area contributed by atoms with Gasteiger partial charge in [-0.15, -0.1) is 0 Å². The van der Waals surface area contributed by atoms with Gasteiger partial charge in [-0.2, -0.15) is 0 Å². The summed E-state index contributed by atoms with van der Waals surface area (Å²) in [6.45, 7) is 2.29. The van der Waals surface area contributed by atoms with Crippen LogP contribution in [-0.2, 0) is 11.3 Å². The minimum Gasteiger partial charge on any atom is -0.350 e. The van der Waals surface area contributed by atoms with Crippen molar-refractivity contribution in [3.05, 3.63) is 96.1 Å². The van der Waals surface area contributed by atoms with Gasteiger partial charge >= 0.3 is 0 Å². The zero-order valence-electron chi connectivity index (χ0n) is 21.7. The molecule has 0 aromatic heterocycles. The number of fused-ring (bicyclic) bond motifs is 2. The Morgan fingerprint density at radius 3 is 2.37 bits per heavy atom. The number of amides is 2. The topological polar surface area (TPSA) is 87.5 Å². The number of nitrogens with one attached hydrogen (secondary N) is 2. The van der Waals surface area contributed by atoms with Crippen molar-refractivity contribution < 1.29 is 9.59 Å². The Morgan fingerprint density at radius 2 is 1.58 bits per heavy atom. The normalized spacial score (nSPS) is 18.0. The van der Waals surface area contributed by atoms with E-state index in [0.717, 1.165) is 42.0 Å². The molecule has 6 heteroatoms. The first-order chi connectivity index (χ1) is 18.6. The monoisotopic (exact) mass is 508 g/mol. The lowest BCUT2D eigenvalue weighted by molar-refractivity contribution is -0.133. The third-order valence-corrected chi connectivity index (χ3v) is 7.53. The number of carbonyl (C=O) groups excluding carboxylic acids is 2. The minimum atomic E-state index is -0.293. The lowest BCUT2D eigenvalue weighted by Crippen LogP contribution is -2.48. The Morgan fingerprint density at radius 1 is 0.895 bits per heavy atom. The highest BCUT2D eigenvalue weighted by Crippen LogP contribution is 2.23. The van der Waals surface area contributed by atoms with E-state index in [0.29, 0.717) is 31.7 Å². The number of hydrogen-bond acceptors (Lipinski definition) is 4. The highest BCUT2D eigenvalue weighted by atomic mass is 16.2. The van der Waals surface area contributed by atoms with Crippen molar-refractivity contribution in [1.82, 2.24) is 15.5 Å². The summed E-state index contributed by atoms with van der Waals surface area (Å²) in [6, 6.07) is 28.0. The third kappa shape index (κ3) is 5.87. The Balaban J connectivity index is 1.30. The fourth-order valence-corrected chi connectivity index (χ4v) is 5.47. The maximum absolute atomic E-state index is 13.7. The summed E-state index contributed by atoms with van der Waals surface area (Å²) in [5, 5.41) is 11.0. The molecule has 4 aromatic carbocycles. The van der Waals surface area contributed by atoms with Gasteiger partial charge in [0.15, 0.2) is 0 Å². The number of rotatable bonds is 9. The number of benzene rings is 4. The van der Waals surface area contributed by atoms with Crippen molar-refractivity contribution in [2.24, 2.45) is 5.73 Å². The zero-order chi connectivity index (χ0) is 26.3. The quantitative estimate of drug-likeness (QED) is 0.288. The Bertz CT molecular complexity index is 1410. The van der Waals surface area contributed by atoms with E-state index >= 15 is 0 Å². The fourth-order valence-electron chi connectivity index (χ4n) is 5.47. The summed E-state index contributed by atoms with van der Waals surface area (Å²) in [4.78, 5) is 28.8. The Kier molecular flexibility index (Phi) is 8.31. The van der Waals surface area contributed by atoms with Crippen LogP contribution < -0.4 is 16.4 Å². The van der Waals surface area contributed by atoms with E-state index < -0.39 is 0 Å². The number of hydrogen-bond donors (Lipinski definition) is 3. The largest absolute Gasteiger partial charge is 0.350 e. The number of carbonyl (C=O) groups is 2. The molecule has 0 aliphatic carbocycles. The van der Waals surface area contributed by atoms with Gasteiger partial charge in [-0.05, 0) is 59.0 Å². The van der Waals surface area contributed by atoms with Crippen LogP contribution in [0.2, 0.25) is 0 Å². The fraction of sp³-hybridized carbons (Fsp3) is 0.312. The second-order valence-corrected chi connectivity index (χ2v) is 10.1.